The zero-order valence-corrected chi connectivity index (χ0v) is 27.3. The molecule has 0 aliphatic carbocycles. The molecule has 47 heavy (non-hydrogen) atoms. The van der Waals surface area contributed by atoms with Crippen LogP contribution >= 0.6 is 0 Å². The maximum absolute atomic E-state index is 6.61. The van der Waals surface area contributed by atoms with Crippen molar-refractivity contribution >= 4 is 34.1 Å². The van der Waals surface area contributed by atoms with E-state index in [1.807, 2.05) is 0 Å². The molecule has 0 amide bonds. The van der Waals surface area contributed by atoms with Gasteiger partial charge in [-0.05, 0) is 130 Å². The Hall–Kier alpha value is -4.96. The van der Waals surface area contributed by atoms with Gasteiger partial charge in [0.05, 0.1) is 11.2 Å². The van der Waals surface area contributed by atoms with Gasteiger partial charge < -0.3 is 9.31 Å². The fourth-order valence-corrected chi connectivity index (χ4v) is 6.68. The summed E-state index contributed by atoms with van der Waals surface area (Å²) < 4.78 is 13.2. The number of hydrogen-bond acceptors (Lipinski definition) is 2. The van der Waals surface area contributed by atoms with Crippen molar-refractivity contribution in [3.8, 4) is 44.5 Å². The topological polar surface area (TPSA) is 18.5 Å². The largest absolute Gasteiger partial charge is 0.494 e. The first kappa shape index (κ1) is 29.4. The molecule has 7 aromatic rings. The molecule has 0 N–H and O–H groups in total. The van der Waals surface area contributed by atoms with Gasteiger partial charge in [0.2, 0.25) is 0 Å². The van der Waals surface area contributed by atoms with E-state index in [1.54, 1.807) is 0 Å². The number of fused-ring (bicyclic) bond motifs is 3. The molecule has 228 valence electrons. The van der Waals surface area contributed by atoms with Crippen molar-refractivity contribution in [3.63, 3.8) is 0 Å². The Morgan fingerprint density at radius 1 is 0.362 bits per heavy atom. The Kier molecular flexibility index (Phi) is 7.13. The smallest absolute Gasteiger partial charge is 0.399 e. The zero-order valence-electron chi connectivity index (χ0n) is 27.3. The highest BCUT2D eigenvalue weighted by molar-refractivity contribution is 6.62. The van der Waals surface area contributed by atoms with Crippen molar-refractivity contribution in [2.75, 3.05) is 0 Å². The first-order chi connectivity index (χ1) is 22.7. The molecule has 1 saturated heterocycles. The van der Waals surface area contributed by atoms with Crippen LogP contribution in [0.1, 0.15) is 27.7 Å². The number of hydrogen-bond donors (Lipinski definition) is 0. The first-order valence-electron chi connectivity index (χ1n) is 16.4. The molecule has 0 bridgehead atoms. The molecule has 2 nitrogen and oxygen atoms in total. The third-order valence-corrected chi connectivity index (χ3v) is 10.0. The second-order valence-electron chi connectivity index (χ2n) is 13.7. The van der Waals surface area contributed by atoms with E-state index in [1.165, 1.54) is 43.8 Å². The minimum Gasteiger partial charge on any atom is -0.399 e. The van der Waals surface area contributed by atoms with Crippen molar-refractivity contribution in [2.24, 2.45) is 0 Å². The average molecular weight is 609 g/mol. The Bertz CT molecular complexity index is 2180. The summed E-state index contributed by atoms with van der Waals surface area (Å²) in [6.07, 6.45) is 0. The van der Waals surface area contributed by atoms with Crippen LogP contribution in [0.4, 0.5) is 0 Å². The van der Waals surface area contributed by atoms with Crippen LogP contribution in [0.2, 0.25) is 0 Å². The summed E-state index contributed by atoms with van der Waals surface area (Å²) in [6, 6.07) is 54.8. The van der Waals surface area contributed by atoms with Crippen LogP contribution in [-0.4, -0.2) is 18.3 Å². The van der Waals surface area contributed by atoms with E-state index in [4.69, 9.17) is 9.31 Å². The van der Waals surface area contributed by atoms with Gasteiger partial charge >= 0.3 is 7.12 Å². The molecule has 3 heteroatoms. The van der Waals surface area contributed by atoms with Gasteiger partial charge in [-0.2, -0.15) is 0 Å². The van der Waals surface area contributed by atoms with Gasteiger partial charge in [0.25, 0.3) is 0 Å². The van der Waals surface area contributed by atoms with Gasteiger partial charge in [-0.25, -0.2) is 0 Å². The van der Waals surface area contributed by atoms with Gasteiger partial charge in [0.15, 0.2) is 0 Å². The maximum atomic E-state index is 6.61. The molecule has 1 heterocycles. The van der Waals surface area contributed by atoms with Crippen molar-refractivity contribution in [3.05, 3.63) is 152 Å². The summed E-state index contributed by atoms with van der Waals surface area (Å²) in [4.78, 5) is 0. The Balaban J connectivity index is 1.32. The lowest BCUT2D eigenvalue weighted by Crippen LogP contribution is -2.41. The third kappa shape index (κ3) is 5.46. The molecular formula is C44H37BO2. The van der Waals surface area contributed by atoms with Crippen LogP contribution in [0.5, 0.6) is 0 Å². The van der Waals surface area contributed by atoms with Crippen molar-refractivity contribution in [2.45, 2.75) is 38.9 Å². The van der Waals surface area contributed by atoms with E-state index in [0.29, 0.717) is 0 Å². The molecular weight excluding hydrogens is 571 g/mol. The molecule has 0 unspecified atom stereocenters. The number of benzene rings is 7. The van der Waals surface area contributed by atoms with Gasteiger partial charge in [-0.15, -0.1) is 0 Å². The van der Waals surface area contributed by atoms with Crippen LogP contribution < -0.4 is 5.46 Å². The van der Waals surface area contributed by atoms with Crippen LogP contribution in [0.3, 0.4) is 0 Å². The maximum Gasteiger partial charge on any atom is 0.494 e. The summed E-state index contributed by atoms with van der Waals surface area (Å²) in [6.45, 7) is 8.45. The Morgan fingerprint density at radius 3 is 1.40 bits per heavy atom. The van der Waals surface area contributed by atoms with Crippen molar-refractivity contribution in [1.29, 1.82) is 0 Å². The molecule has 0 spiro atoms. The molecule has 0 aromatic heterocycles. The molecule has 7 aromatic carbocycles. The second-order valence-corrected chi connectivity index (χ2v) is 13.7. The highest BCUT2D eigenvalue weighted by atomic mass is 16.7. The van der Waals surface area contributed by atoms with E-state index in [-0.39, 0.29) is 0 Å². The summed E-state index contributed by atoms with van der Waals surface area (Å²) in [7, 11) is -0.478. The van der Waals surface area contributed by atoms with Crippen LogP contribution in [0.25, 0.3) is 66.1 Å². The van der Waals surface area contributed by atoms with Crippen molar-refractivity contribution in [1.82, 2.24) is 0 Å². The van der Waals surface area contributed by atoms with E-state index in [2.05, 4.69) is 179 Å². The molecule has 1 aliphatic rings. The zero-order chi connectivity index (χ0) is 32.2. The minimum atomic E-state index is -0.478. The van der Waals surface area contributed by atoms with Gasteiger partial charge in [0.1, 0.15) is 0 Å². The monoisotopic (exact) mass is 608 g/mol. The average Bonchev–Trinajstić information content (AvgIpc) is 3.34. The van der Waals surface area contributed by atoms with E-state index in [9.17, 15) is 0 Å². The van der Waals surface area contributed by atoms with Gasteiger partial charge in [-0.3, -0.25) is 0 Å². The predicted octanol–water partition coefficient (Wildman–Crippen LogP) is 11.0. The minimum absolute atomic E-state index is 0.439. The van der Waals surface area contributed by atoms with Crippen LogP contribution in [-0.2, 0) is 9.31 Å². The highest BCUT2D eigenvalue weighted by Crippen LogP contribution is 2.39. The molecule has 0 saturated carbocycles. The standard InChI is InChI=1S/C44H37BO2/c1-43(2)44(3,4)47-45(46-43)40-28-38(33-21-22-42-34(23-33)20-19-32-17-11-12-18-41(32)42)27-39(29-40)37-25-35(30-13-7-5-8-14-30)24-36(26-37)31-15-9-6-10-16-31/h5-29H,1-4H3. The molecule has 0 atom stereocenters. The quantitative estimate of drug-likeness (QED) is 0.143. The van der Waals surface area contributed by atoms with E-state index < -0.39 is 18.3 Å². The second kappa shape index (κ2) is 11.4. The lowest BCUT2D eigenvalue weighted by atomic mass is 9.76. The normalized spacial score (nSPS) is 15.4. The highest BCUT2D eigenvalue weighted by Gasteiger charge is 2.51. The molecule has 0 radical (unpaired) electrons. The summed E-state index contributed by atoms with van der Waals surface area (Å²) in [5, 5.41) is 5.01. The summed E-state index contributed by atoms with van der Waals surface area (Å²) in [5.74, 6) is 0. The molecule has 1 fully saturated rings. The van der Waals surface area contributed by atoms with Crippen LogP contribution in [0, 0.1) is 0 Å². The Morgan fingerprint density at radius 2 is 0.809 bits per heavy atom. The fourth-order valence-electron chi connectivity index (χ4n) is 6.68. The predicted molar refractivity (Wildman–Crippen MR) is 199 cm³/mol. The lowest BCUT2D eigenvalue weighted by molar-refractivity contribution is 0.00578. The molecule has 1 aliphatic heterocycles. The summed E-state index contributed by atoms with van der Waals surface area (Å²) >= 11 is 0. The van der Waals surface area contributed by atoms with E-state index in [0.717, 1.165) is 27.7 Å². The number of rotatable bonds is 5. The molecule has 8 rings (SSSR count). The van der Waals surface area contributed by atoms with Gasteiger partial charge in [-0.1, -0.05) is 121 Å². The van der Waals surface area contributed by atoms with Gasteiger partial charge in [0, 0.05) is 0 Å². The van der Waals surface area contributed by atoms with Crippen molar-refractivity contribution < 1.29 is 9.31 Å². The Labute approximate surface area is 277 Å². The SMILES string of the molecule is CC1(C)OB(c2cc(-c3cc(-c4ccccc4)cc(-c4ccccc4)c3)cc(-c3ccc4c(ccc5ccccc54)c3)c2)OC1(C)C. The third-order valence-electron chi connectivity index (χ3n) is 10.0. The summed E-state index contributed by atoms with van der Waals surface area (Å²) in [5.41, 5.74) is 9.45. The lowest BCUT2D eigenvalue weighted by Gasteiger charge is -2.32. The van der Waals surface area contributed by atoms with Crippen LogP contribution in [0.15, 0.2) is 152 Å². The van der Waals surface area contributed by atoms with E-state index >= 15 is 0 Å². The fraction of sp³-hybridized carbons (Fsp3) is 0.136. The first-order valence-corrected chi connectivity index (χ1v) is 16.4.